The fourth-order valence-electron chi connectivity index (χ4n) is 9.91. The van der Waals surface area contributed by atoms with Crippen molar-refractivity contribution in [3.8, 4) is 11.8 Å². The molecule has 18 heteroatoms. The Morgan fingerprint density at radius 2 is 1.27 bits per heavy atom. The third-order valence-corrected chi connectivity index (χ3v) is 13.7. The minimum absolute atomic E-state index is 0.00208. The van der Waals surface area contributed by atoms with Crippen LogP contribution in [0.3, 0.4) is 0 Å². The number of anilines is 2. The van der Waals surface area contributed by atoms with E-state index in [4.69, 9.17) is 43.9 Å². The van der Waals surface area contributed by atoms with Gasteiger partial charge in [0.05, 0.1) is 65.7 Å². The summed E-state index contributed by atoms with van der Waals surface area (Å²) in [4.78, 5) is 61.3. The van der Waals surface area contributed by atoms with Gasteiger partial charge in [-0.25, -0.2) is 9.97 Å². The van der Waals surface area contributed by atoms with Crippen LogP contribution in [0.2, 0.25) is 0 Å². The molecule has 0 spiro atoms. The van der Waals surface area contributed by atoms with Gasteiger partial charge in [0, 0.05) is 114 Å². The zero-order chi connectivity index (χ0) is 45.9. The Kier molecular flexibility index (Phi) is 13.2. The quantitative estimate of drug-likeness (QED) is 0.143. The van der Waals surface area contributed by atoms with Gasteiger partial charge in [0.1, 0.15) is 29.7 Å². The maximum absolute atomic E-state index is 13.9. The third-order valence-electron chi connectivity index (χ3n) is 13.7. The predicted molar refractivity (Wildman–Crippen MR) is 252 cm³/mol. The third kappa shape index (κ3) is 9.86. The second-order valence-corrected chi connectivity index (χ2v) is 18.5. The Hall–Kier alpha value is -6.40. The van der Waals surface area contributed by atoms with Crippen LogP contribution in [-0.4, -0.2) is 141 Å². The van der Waals surface area contributed by atoms with Crippen LogP contribution >= 0.6 is 0 Å². The Balaban J connectivity index is 0.795. The normalized spacial score (nSPS) is 21.8. The summed E-state index contributed by atoms with van der Waals surface area (Å²) >= 11 is 0. The number of hydrogen-bond acceptors (Lipinski definition) is 14. The minimum Gasteiger partial charge on any atom is -0.474 e. The number of pyridine rings is 4. The molecule has 2 amide bonds. The molecule has 2 aliphatic carbocycles. The number of nitrogens with zero attached hydrogens (tertiary/aromatic N) is 11. The largest absolute Gasteiger partial charge is 0.474 e. The second kappa shape index (κ2) is 19.8. The van der Waals surface area contributed by atoms with Gasteiger partial charge in [-0.15, -0.1) is 0 Å². The average molecular weight is 913 g/mol. The van der Waals surface area contributed by atoms with Gasteiger partial charge in [-0.2, -0.15) is 9.97 Å². The van der Waals surface area contributed by atoms with E-state index >= 15 is 0 Å². The smallest absolute Gasteiger partial charge is 0.254 e. The lowest BCUT2D eigenvalue weighted by Gasteiger charge is -2.32. The summed E-state index contributed by atoms with van der Waals surface area (Å²) < 4.78 is 29.1. The number of morpholine rings is 2. The Morgan fingerprint density at radius 1 is 0.716 bits per heavy atom. The van der Waals surface area contributed by atoms with Crippen LogP contribution in [0.15, 0.2) is 67.8 Å². The van der Waals surface area contributed by atoms with Gasteiger partial charge < -0.3 is 48.1 Å². The van der Waals surface area contributed by atoms with Crippen molar-refractivity contribution >= 4 is 45.3 Å². The molecule has 2 saturated carbocycles. The van der Waals surface area contributed by atoms with E-state index in [0.717, 1.165) is 117 Å². The molecule has 8 heterocycles. The molecule has 4 aliphatic rings. The average Bonchev–Trinajstić information content (AvgIpc) is 4.10. The Labute approximate surface area is 390 Å². The number of rotatable bonds is 13. The first-order valence-corrected chi connectivity index (χ1v) is 23.8. The molecule has 0 radical (unpaired) electrons. The number of carbonyl (C=O) groups excluding carboxylic acids is 2. The molecule has 10 rings (SSSR count). The van der Waals surface area contributed by atoms with Crippen molar-refractivity contribution in [2.75, 3.05) is 83.0 Å². The summed E-state index contributed by atoms with van der Waals surface area (Å²) in [5.74, 6) is 3.14. The van der Waals surface area contributed by atoms with Crippen molar-refractivity contribution in [3.05, 3.63) is 84.7 Å². The monoisotopic (exact) mass is 912 g/mol. The van der Waals surface area contributed by atoms with E-state index < -0.39 is 0 Å². The predicted octanol–water partition coefficient (Wildman–Crippen LogP) is 6.00. The lowest BCUT2D eigenvalue weighted by atomic mass is 9.92. The molecule has 18 nitrogen and oxygen atoms in total. The van der Waals surface area contributed by atoms with E-state index in [2.05, 4.69) is 36.2 Å². The highest BCUT2D eigenvalue weighted by atomic mass is 16.5. The van der Waals surface area contributed by atoms with Gasteiger partial charge in [0.15, 0.2) is 0 Å². The van der Waals surface area contributed by atoms with E-state index in [-0.39, 0.29) is 36.0 Å². The lowest BCUT2D eigenvalue weighted by molar-refractivity contribution is 0.0827. The molecule has 0 aromatic carbocycles. The van der Waals surface area contributed by atoms with Crippen LogP contribution in [0.1, 0.15) is 103 Å². The molecule has 0 bridgehead atoms. The summed E-state index contributed by atoms with van der Waals surface area (Å²) in [6, 6.07) is 8.30. The van der Waals surface area contributed by atoms with Crippen LogP contribution in [0.25, 0.3) is 21.8 Å². The van der Waals surface area contributed by atoms with Crippen molar-refractivity contribution in [2.45, 2.75) is 88.5 Å². The highest BCUT2D eigenvalue weighted by Crippen LogP contribution is 2.37. The molecule has 2 saturated heterocycles. The van der Waals surface area contributed by atoms with E-state index in [1.165, 1.54) is 0 Å². The van der Waals surface area contributed by atoms with Gasteiger partial charge in [0.2, 0.25) is 11.8 Å². The van der Waals surface area contributed by atoms with Gasteiger partial charge in [0.25, 0.3) is 11.8 Å². The molecule has 352 valence electrons. The summed E-state index contributed by atoms with van der Waals surface area (Å²) in [5.41, 5.74) is 2.41. The van der Waals surface area contributed by atoms with Crippen molar-refractivity contribution in [1.82, 2.24) is 49.3 Å². The maximum atomic E-state index is 13.9. The number of imidazole rings is 2. The molecule has 4 fully saturated rings. The summed E-state index contributed by atoms with van der Waals surface area (Å²) in [6.45, 7) is 7.98. The first kappa shape index (κ1) is 44.4. The van der Waals surface area contributed by atoms with Crippen molar-refractivity contribution in [1.29, 1.82) is 0 Å². The van der Waals surface area contributed by atoms with Crippen LogP contribution in [-0.2, 0) is 9.47 Å². The summed E-state index contributed by atoms with van der Waals surface area (Å²) in [6.07, 6.45) is 20.0. The fraction of sp³-hybridized carbons (Fsp3) is 0.510. The number of fused-ring (bicyclic) bond motifs is 2. The molecular formula is C49H60N12O6. The van der Waals surface area contributed by atoms with Crippen molar-refractivity contribution < 1.29 is 28.5 Å². The molecule has 1 N–H and O–H groups in total. The zero-order valence-electron chi connectivity index (χ0n) is 38.6. The molecule has 6 aromatic heterocycles. The number of hydrogen-bond donors (Lipinski definition) is 1. The summed E-state index contributed by atoms with van der Waals surface area (Å²) in [7, 11) is 3.46. The van der Waals surface area contributed by atoms with Gasteiger partial charge in [-0.3, -0.25) is 19.6 Å². The van der Waals surface area contributed by atoms with Crippen molar-refractivity contribution in [3.63, 3.8) is 0 Å². The highest BCUT2D eigenvalue weighted by Gasteiger charge is 2.29. The molecule has 67 heavy (non-hydrogen) atoms. The number of nitrogens with one attached hydrogen (secondary N) is 1. The Bertz CT molecular complexity index is 2660. The number of carbonyl (C=O) groups is 2. The van der Waals surface area contributed by atoms with Crippen LogP contribution in [0.4, 0.5) is 11.6 Å². The number of amides is 2. The van der Waals surface area contributed by atoms with Crippen LogP contribution < -0.4 is 24.6 Å². The van der Waals surface area contributed by atoms with Gasteiger partial charge in [-0.1, -0.05) is 6.92 Å². The van der Waals surface area contributed by atoms with Crippen LogP contribution in [0, 0.1) is 0 Å². The van der Waals surface area contributed by atoms with E-state index in [1.807, 2.05) is 55.4 Å². The maximum Gasteiger partial charge on any atom is 0.254 e. The Morgan fingerprint density at radius 3 is 1.82 bits per heavy atom. The first-order valence-electron chi connectivity index (χ1n) is 23.8. The minimum atomic E-state index is -0.215. The summed E-state index contributed by atoms with van der Waals surface area (Å²) in [5, 5.41) is 4.61. The molecular weight excluding hydrogens is 853 g/mol. The van der Waals surface area contributed by atoms with Crippen molar-refractivity contribution in [2.24, 2.45) is 0 Å². The first-order chi connectivity index (χ1) is 32.7. The topological polar surface area (TPSA) is 180 Å². The second-order valence-electron chi connectivity index (χ2n) is 18.5. The standard InChI is InChI=1S/C49H60N12O6/c1-32(28-54-46(62)33-24-39-41(52-29-33)26-43(58-16-20-64-21-17-58)55-47(39)66-37-8-4-35(5-9-37)60-14-12-50-31-60)45-51-13-15-61(45)36-6-10-38(11-7-36)67-48-40-25-34(49(63)57(2)3)30-53-42(40)27-44(56-48)59-18-22-65-23-19-59/h12-15,24-27,29-32,35-38H,4-11,16-23,28H2,1-3H3,(H,54,62)/t32?,35-,36-,37+,38+. The number of aromatic nitrogens is 8. The molecule has 6 aromatic rings. The van der Waals surface area contributed by atoms with Gasteiger partial charge >= 0.3 is 0 Å². The van der Waals surface area contributed by atoms with Gasteiger partial charge in [-0.05, 0) is 63.5 Å². The van der Waals surface area contributed by atoms with E-state index in [9.17, 15) is 9.59 Å². The fourth-order valence-corrected chi connectivity index (χ4v) is 9.91. The lowest BCUT2D eigenvalue weighted by Crippen LogP contribution is -2.37. The SMILES string of the molecule is CC(CNC(=O)c1cnc2cc(N3CCOCC3)nc(O[C@H]3CC[C@@H](n4ccnc4)CC3)c2c1)c1nccn1[C@H]1CC[C@@H](Oc2nc(N3CCOCC3)cc3ncc(C(=O)N(C)C)cc23)CC1. The van der Waals surface area contributed by atoms with E-state index in [1.54, 1.807) is 31.4 Å². The zero-order valence-corrected chi connectivity index (χ0v) is 38.6. The highest BCUT2D eigenvalue weighted by molar-refractivity contribution is 5.99. The molecule has 1 atom stereocenters. The van der Waals surface area contributed by atoms with E-state index in [0.29, 0.717) is 61.9 Å². The number of ether oxygens (including phenoxy) is 4. The van der Waals surface area contributed by atoms with Crippen LogP contribution in [0.5, 0.6) is 11.8 Å². The molecule has 2 aliphatic heterocycles. The molecule has 1 unspecified atom stereocenters.